The third kappa shape index (κ3) is 1.35. The molecule has 0 aromatic carbocycles. The van der Waals surface area contributed by atoms with Gasteiger partial charge in [-0.25, -0.2) is 0 Å². The molecule has 1 aliphatic rings. The van der Waals surface area contributed by atoms with Gasteiger partial charge < -0.3 is 4.90 Å². The van der Waals surface area contributed by atoms with Crippen molar-refractivity contribution in [2.24, 2.45) is 0 Å². The molecule has 2 aromatic heterocycles. The molecule has 3 heterocycles. The predicted octanol–water partition coefficient (Wildman–Crippen LogP) is 1.03. The Morgan fingerprint density at radius 1 is 1.27 bits per heavy atom. The van der Waals surface area contributed by atoms with Gasteiger partial charge in [0.05, 0.1) is 0 Å². The van der Waals surface area contributed by atoms with Gasteiger partial charge in [-0.1, -0.05) is 0 Å². The summed E-state index contributed by atoms with van der Waals surface area (Å²) in [5.41, 5.74) is 1.99. The third-order valence-electron chi connectivity index (χ3n) is 2.86. The second-order valence-electron chi connectivity index (χ2n) is 3.98. The quantitative estimate of drug-likeness (QED) is 0.694. The highest BCUT2D eigenvalue weighted by atomic mass is 15.4. The van der Waals surface area contributed by atoms with Crippen LogP contribution in [-0.2, 0) is 0 Å². The van der Waals surface area contributed by atoms with Crippen LogP contribution < -0.4 is 4.90 Å². The van der Waals surface area contributed by atoms with E-state index < -0.39 is 0 Å². The molecule has 1 saturated heterocycles. The van der Waals surface area contributed by atoms with Gasteiger partial charge >= 0.3 is 0 Å². The van der Waals surface area contributed by atoms with Gasteiger partial charge in [0.1, 0.15) is 6.33 Å². The highest BCUT2D eigenvalue weighted by Crippen LogP contribution is 2.21. The SMILES string of the molecule is Cc1cc2nncn2nc1N1CCCC1. The summed E-state index contributed by atoms with van der Waals surface area (Å²) in [7, 11) is 0. The van der Waals surface area contributed by atoms with Crippen molar-refractivity contribution in [2.45, 2.75) is 19.8 Å². The minimum atomic E-state index is 0.815. The Kier molecular flexibility index (Phi) is 1.83. The molecular weight excluding hydrogens is 190 g/mol. The number of aryl methyl sites for hydroxylation is 1. The van der Waals surface area contributed by atoms with Crippen molar-refractivity contribution in [1.82, 2.24) is 19.8 Å². The number of hydrogen-bond donors (Lipinski definition) is 0. The lowest BCUT2D eigenvalue weighted by Gasteiger charge is -2.18. The molecule has 2 aromatic rings. The van der Waals surface area contributed by atoms with Gasteiger partial charge in [0.15, 0.2) is 11.5 Å². The topological polar surface area (TPSA) is 46.3 Å². The molecule has 15 heavy (non-hydrogen) atoms. The number of fused-ring (bicyclic) bond motifs is 1. The Labute approximate surface area is 87.7 Å². The maximum absolute atomic E-state index is 4.53. The van der Waals surface area contributed by atoms with Crippen LogP contribution in [0.25, 0.3) is 5.65 Å². The molecule has 0 aliphatic carbocycles. The summed E-state index contributed by atoms with van der Waals surface area (Å²) >= 11 is 0. The largest absolute Gasteiger partial charge is 0.355 e. The molecule has 0 bridgehead atoms. The molecule has 0 atom stereocenters. The van der Waals surface area contributed by atoms with Crippen LogP contribution in [0.1, 0.15) is 18.4 Å². The average Bonchev–Trinajstić information content (AvgIpc) is 2.85. The first-order valence-corrected chi connectivity index (χ1v) is 5.27. The summed E-state index contributed by atoms with van der Waals surface area (Å²) in [4.78, 5) is 2.33. The summed E-state index contributed by atoms with van der Waals surface area (Å²) in [5.74, 6) is 1.07. The second-order valence-corrected chi connectivity index (χ2v) is 3.98. The Morgan fingerprint density at radius 3 is 2.87 bits per heavy atom. The van der Waals surface area contributed by atoms with Gasteiger partial charge in [-0.15, -0.1) is 15.3 Å². The van der Waals surface area contributed by atoms with Crippen molar-refractivity contribution in [3.05, 3.63) is 18.0 Å². The first kappa shape index (κ1) is 8.64. The van der Waals surface area contributed by atoms with Gasteiger partial charge in [0.2, 0.25) is 0 Å². The van der Waals surface area contributed by atoms with E-state index in [9.17, 15) is 0 Å². The number of aromatic nitrogens is 4. The van der Waals surface area contributed by atoms with Crippen molar-refractivity contribution in [1.29, 1.82) is 0 Å². The lowest BCUT2D eigenvalue weighted by Crippen LogP contribution is -2.21. The fourth-order valence-corrected chi connectivity index (χ4v) is 2.09. The number of nitrogens with zero attached hydrogens (tertiary/aromatic N) is 5. The van der Waals surface area contributed by atoms with Gasteiger partial charge in [-0.3, -0.25) is 0 Å². The van der Waals surface area contributed by atoms with Gasteiger partial charge in [0.25, 0.3) is 0 Å². The smallest absolute Gasteiger partial charge is 0.177 e. The maximum atomic E-state index is 4.53. The number of rotatable bonds is 1. The summed E-state index contributed by atoms with van der Waals surface area (Å²) in [6.07, 6.45) is 4.18. The molecule has 5 heteroatoms. The molecule has 1 aliphatic heterocycles. The van der Waals surface area contributed by atoms with Crippen LogP contribution in [0, 0.1) is 6.92 Å². The second kappa shape index (κ2) is 3.18. The Hall–Kier alpha value is -1.65. The third-order valence-corrected chi connectivity index (χ3v) is 2.86. The summed E-state index contributed by atoms with van der Waals surface area (Å²) in [5, 5.41) is 12.4. The molecule has 0 N–H and O–H groups in total. The van der Waals surface area contributed by atoms with E-state index in [2.05, 4.69) is 27.1 Å². The summed E-state index contributed by atoms with van der Waals surface area (Å²) < 4.78 is 1.74. The number of hydrogen-bond acceptors (Lipinski definition) is 4. The average molecular weight is 203 g/mol. The van der Waals surface area contributed by atoms with Crippen molar-refractivity contribution < 1.29 is 0 Å². The van der Waals surface area contributed by atoms with E-state index in [-0.39, 0.29) is 0 Å². The highest BCUT2D eigenvalue weighted by molar-refractivity contribution is 5.52. The Bertz CT molecular complexity index is 484. The number of anilines is 1. The fraction of sp³-hybridized carbons (Fsp3) is 0.500. The molecule has 0 saturated carbocycles. The Balaban J connectivity index is 2.11. The summed E-state index contributed by atoms with van der Waals surface area (Å²) in [6.45, 7) is 4.30. The van der Waals surface area contributed by atoms with Crippen LogP contribution in [0.5, 0.6) is 0 Å². The molecule has 1 fully saturated rings. The zero-order valence-corrected chi connectivity index (χ0v) is 8.72. The van der Waals surface area contributed by atoms with E-state index in [1.54, 1.807) is 10.8 Å². The van der Waals surface area contributed by atoms with Gasteiger partial charge in [0, 0.05) is 13.1 Å². The van der Waals surface area contributed by atoms with Crippen molar-refractivity contribution >= 4 is 11.5 Å². The first-order valence-electron chi connectivity index (χ1n) is 5.27. The molecular formula is C10H13N5. The van der Waals surface area contributed by atoms with Crippen LogP contribution in [0.4, 0.5) is 5.82 Å². The molecule has 0 unspecified atom stereocenters. The molecule has 3 rings (SSSR count). The van der Waals surface area contributed by atoms with Crippen molar-refractivity contribution in [3.8, 4) is 0 Å². The van der Waals surface area contributed by atoms with Crippen molar-refractivity contribution in [2.75, 3.05) is 18.0 Å². The zero-order chi connectivity index (χ0) is 10.3. The van der Waals surface area contributed by atoms with E-state index >= 15 is 0 Å². The maximum Gasteiger partial charge on any atom is 0.177 e. The first-order chi connectivity index (χ1) is 7.34. The van der Waals surface area contributed by atoms with Crippen molar-refractivity contribution in [3.63, 3.8) is 0 Å². The lowest BCUT2D eigenvalue weighted by molar-refractivity contribution is 0.847. The fourth-order valence-electron chi connectivity index (χ4n) is 2.09. The van der Waals surface area contributed by atoms with Crippen LogP contribution in [0.3, 0.4) is 0 Å². The predicted molar refractivity (Wildman–Crippen MR) is 57.0 cm³/mol. The molecule has 5 nitrogen and oxygen atoms in total. The highest BCUT2D eigenvalue weighted by Gasteiger charge is 2.16. The van der Waals surface area contributed by atoms with Gasteiger partial charge in [-0.2, -0.15) is 4.52 Å². The molecule has 0 spiro atoms. The van der Waals surface area contributed by atoms with Crippen LogP contribution >= 0.6 is 0 Å². The van der Waals surface area contributed by atoms with Crippen LogP contribution in [-0.4, -0.2) is 32.9 Å². The van der Waals surface area contributed by atoms with Gasteiger partial charge in [-0.05, 0) is 31.4 Å². The molecule has 0 amide bonds. The summed E-state index contributed by atoms with van der Waals surface area (Å²) in [6, 6.07) is 2.04. The molecule has 0 radical (unpaired) electrons. The minimum Gasteiger partial charge on any atom is -0.355 e. The standard InChI is InChI=1S/C10H13N5/c1-8-6-9-12-11-7-15(9)13-10(8)14-4-2-3-5-14/h6-7H,2-5H2,1H3. The monoisotopic (exact) mass is 203 g/mol. The van der Waals surface area contributed by atoms with Crippen LogP contribution in [0.2, 0.25) is 0 Å². The Morgan fingerprint density at radius 2 is 2.07 bits per heavy atom. The van der Waals surface area contributed by atoms with E-state index in [1.807, 2.05) is 6.07 Å². The van der Waals surface area contributed by atoms with E-state index in [4.69, 9.17) is 0 Å². The normalized spacial score (nSPS) is 16.5. The zero-order valence-electron chi connectivity index (χ0n) is 8.72. The van der Waals surface area contributed by atoms with E-state index in [1.165, 1.54) is 18.4 Å². The minimum absolute atomic E-state index is 0.815. The van der Waals surface area contributed by atoms with E-state index in [0.717, 1.165) is 24.6 Å². The lowest BCUT2D eigenvalue weighted by atomic mass is 10.3. The molecule has 78 valence electrons. The van der Waals surface area contributed by atoms with E-state index in [0.29, 0.717) is 0 Å². The van der Waals surface area contributed by atoms with Crippen LogP contribution in [0.15, 0.2) is 12.4 Å².